The van der Waals surface area contributed by atoms with Gasteiger partial charge >= 0.3 is 5.97 Å². The van der Waals surface area contributed by atoms with Crippen LogP contribution in [0.15, 0.2) is 18.2 Å². The lowest BCUT2D eigenvalue weighted by molar-refractivity contribution is -0.150. The molecule has 0 aromatic heterocycles. The van der Waals surface area contributed by atoms with Crippen LogP contribution < -0.4 is 4.90 Å². The third-order valence-corrected chi connectivity index (χ3v) is 4.84. The minimum atomic E-state index is -0.886. The molecule has 0 aliphatic carbocycles. The highest BCUT2D eigenvalue weighted by Crippen LogP contribution is 2.34. The number of ether oxygens (including phenoxy) is 1. The standard InChI is InChI=1S/C17H19FN2O3/c18-13-2-1-3-14(12(13)10-19)20-8-6-11(7-9-20)15-4-5-16(23-15)17(21)22/h1-3,11,15-16H,4-9H2,(H,21,22)/t15-,16+/m0/s1. The van der Waals surface area contributed by atoms with Crippen LogP contribution in [0.5, 0.6) is 0 Å². The Labute approximate surface area is 134 Å². The van der Waals surface area contributed by atoms with Crippen molar-refractivity contribution < 1.29 is 19.0 Å². The number of piperidine rings is 1. The number of halogens is 1. The molecule has 0 amide bonds. The topological polar surface area (TPSA) is 73.6 Å². The van der Waals surface area contributed by atoms with Crippen molar-refractivity contribution in [2.45, 2.75) is 37.9 Å². The van der Waals surface area contributed by atoms with Gasteiger partial charge in [-0.05, 0) is 43.7 Å². The maximum atomic E-state index is 13.7. The van der Waals surface area contributed by atoms with E-state index in [2.05, 4.69) is 0 Å². The average Bonchev–Trinajstić information content (AvgIpc) is 3.05. The summed E-state index contributed by atoms with van der Waals surface area (Å²) in [7, 11) is 0. The summed E-state index contributed by atoms with van der Waals surface area (Å²) < 4.78 is 19.4. The fraction of sp³-hybridized carbons (Fsp3) is 0.529. The maximum Gasteiger partial charge on any atom is 0.332 e. The number of hydrogen-bond donors (Lipinski definition) is 1. The Hall–Kier alpha value is -2.13. The highest BCUT2D eigenvalue weighted by Gasteiger charge is 2.36. The van der Waals surface area contributed by atoms with E-state index in [0.29, 0.717) is 18.0 Å². The van der Waals surface area contributed by atoms with Gasteiger partial charge in [0.2, 0.25) is 0 Å². The molecule has 2 fully saturated rings. The van der Waals surface area contributed by atoms with E-state index in [9.17, 15) is 9.18 Å². The van der Waals surface area contributed by atoms with E-state index in [-0.39, 0.29) is 11.7 Å². The van der Waals surface area contributed by atoms with E-state index in [1.54, 1.807) is 12.1 Å². The molecule has 2 aliphatic heterocycles. The van der Waals surface area contributed by atoms with Crippen molar-refractivity contribution in [1.82, 2.24) is 0 Å². The van der Waals surface area contributed by atoms with Gasteiger partial charge in [-0.3, -0.25) is 0 Å². The minimum absolute atomic E-state index is 0.00111. The maximum absolute atomic E-state index is 13.7. The van der Waals surface area contributed by atoms with Crippen LogP contribution >= 0.6 is 0 Å². The van der Waals surface area contributed by atoms with Gasteiger partial charge in [0.25, 0.3) is 0 Å². The molecule has 2 heterocycles. The van der Waals surface area contributed by atoms with Crippen molar-refractivity contribution in [2.75, 3.05) is 18.0 Å². The van der Waals surface area contributed by atoms with Crippen LogP contribution in [0.4, 0.5) is 10.1 Å². The number of hydrogen-bond acceptors (Lipinski definition) is 4. The van der Waals surface area contributed by atoms with Gasteiger partial charge in [0, 0.05) is 13.1 Å². The monoisotopic (exact) mass is 318 g/mol. The molecule has 2 atom stereocenters. The van der Waals surface area contributed by atoms with Crippen LogP contribution in [0.25, 0.3) is 0 Å². The number of carboxylic acid groups (broad SMARTS) is 1. The van der Waals surface area contributed by atoms with Gasteiger partial charge in [-0.2, -0.15) is 5.26 Å². The average molecular weight is 318 g/mol. The largest absolute Gasteiger partial charge is 0.479 e. The Morgan fingerprint density at radius 1 is 1.30 bits per heavy atom. The molecule has 1 aromatic rings. The van der Waals surface area contributed by atoms with Crippen molar-refractivity contribution >= 4 is 11.7 Å². The molecule has 122 valence electrons. The number of rotatable bonds is 3. The highest BCUT2D eigenvalue weighted by atomic mass is 19.1. The lowest BCUT2D eigenvalue weighted by Gasteiger charge is -2.36. The van der Waals surface area contributed by atoms with Crippen LogP contribution in [0.2, 0.25) is 0 Å². The molecule has 2 saturated heterocycles. The zero-order chi connectivity index (χ0) is 16.4. The summed E-state index contributed by atoms with van der Waals surface area (Å²) in [4.78, 5) is 13.0. The summed E-state index contributed by atoms with van der Waals surface area (Å²) in [6.45, 7) is 1.45. The van der Waals surface area contributed by atoms with E-state index in [0.717, 1.165) is 32.4 Å². The number of carboxylic acids is 1. The number of nitrogens with zero attached hydrogens (tertiary/aromatic N) is 2. The summed E-state index contributed by atoms with van der Waals surface area (Å²) >= 11 is 0. The first-order valence-electron chi connectivity index (χ1n) is 7.92. The van der Waals surface area contributed by atoms with Crippen molar-refractivity contribution in [3.63, 3.8) is 0 Å². The van der Waals surface area contributed by atoms with Crippen LogP contribution in [-0.4, -0.2) is 36.4 Å². The summed E-state index contributed by atoms with van der Waals surface area (Å²) in [6.07, 6.45) is 2.40. The predicted octanol–water partition coefficient (Wildman–Crippen LogP) is 2.55. The summed E-state index contributed by atoms with van der Waals surface area (Å²) in [5.41, 5.74) is 0.732. The third kappa shape index (κ3) is 3.15. The normalized spacial score (nSPS) is 25.3. The Morgan fingerprint density at radius 2 is 2.04 bits per heavy atom. The molecule has 0 spiro atoms. The van der Waals surface area contributed by atoms with Crippen molar-refractivity contribution in [2.24, 2.45) is 5.92 Å². The molecule has 6 heteroatoms. The second-order valence-corrected chi connectivity index (χ2v) is 6.15. The zero-order valence-corrected chi connectivity index (χ0v) is 12.7. The third-order valence-electron chi connectivity index (χ3n) is 4.84. The smallest absolute Gasteiger partial charge is 0.332 e. The number of carbonyl (C=O) groups is 1. The molecule has 1 N–H and O–H groups in total. The number of nitriles is 1. The molecule has 0 saturated carbocycles. The van der Waals surface area contributed by atoms with Crippen LogP contribution in [0.3, 0.4) is 0 Å². The second-order valence-electron chi connectivity index (χ2n) is 6.15. The molecule has 0 unspecified atom stereocenters. The van der Waals surface area contributed by atoms with E-state index < -0.39 is 17.9 Å². The lowest BCUT2D eigenvalue weighted by Crippen LogP contribution is -2.38. The van der Waals surface area contributed by atoms with Crippen molar-refractivity contribution in [3.8, 4) is 6.07 Å². The van der Waals surface area contributed by atoms with E-state index in [1.807, 2.05) is 11.0 Å². The first-order valence-corrected chi connectivity index (χ1v) is 7.92. The summed E-state index contributed by atoms with van der Waals surface area (Å²) in [5, 5.41) is 18.1. The van der Waals surface area contributed by atoms with Gasteiger partial charge in [0.1, 0.15) is 17.4 Å². The highest BCUT2D eigenvalue weighted by molar-refractivity contribution is 5.72. The molecule has 5 nitrogen and oxygen atoms in total. The number of benzene rings is 1. The Balaban J connectivity index is 1.63. The van der Waals surface area contributed by atoms with Crippen molar-refractivity contribution in [1.29, 1.82) is 5.26 Å². The molecule has 0 bridgehead atoms. The Bertz CT molecular complexity index is 635. The van der Waals surface area contributed by atoms with Crippen LogP contribution in [-0.2, 0) is 9.53 Å². The quantitative estimate of drug-likeness (QED) is 0.927. The minimum Gasteiger partial charge on any atom is -0.479 e. The second kappa shape index (κ2) is 6.55. The van der Waals surface area contributed by atoms with Gasteiger partial charge in [-0.1, -0.05) is 6.07 Å². The van der Waals surface area contributed by atoms with E-state index >= 15 is 0 Å². The number of aliphatic carboxylic acids is 1. The molecule has 1 aromatic carbocycles. The Morgan fingerprint density at radius 3 is 2.65 bits per heavy atom. The molecular weight excluding hydrogens is 299 g/mol. The molecule has 3 rings (SSSR count). The molecule has 2 aliphatic rings. The van der Waals surface area contributed by atoms with Gasteiger partial charge < -0.3 is 14.7 Å². The van der Waals surface area contributed by atoms with E-state index in [4.69, 9.17) is 15.1 Å². The molecule has 0 radical (unpaired) electrons. The predicted molar refractivity (Wildman–Crippen MR) is 81.6 cm³/mol. The van der Waals surface area contributed by atoms with Gasteiger partial charge in [-0.25, -0.2) is 9.18 Å². The summed E-state index contributed by atoms with van der Waals surface area (Å²) in [5.74, 6) is -1.05. The first kappa shape index (κ1) is 15.8. The van der Waals surface area contributed by atoms with Crippen molar-refractivity contribution in [3.05, 3.63) is 29.6 Å². The van der Waals surface area contributed by atoms with Crippen LogP contribution in [0, 0.1) is 23.1 Å². The summed E-state index contributed by atoms with van der Waals surface area (Å²) in [6, 6.07) is 6.63. The van der Waals surface area contributed by atoms with Crippen LogP contribution in [0.1, 0.15) is 31.2 Å². The van der Waals surface area contributed by atoms with Gasteiger partial charge in [0.15, 0.2) is 6.10 Å². The lowest BCUT2D eigenvalue weighted by atomic mass is 9.89. The zero-order valence-electron chi connectivity index (χ0n) is 12.7. The van der Waals surface area contributed by atoms with Gasteiger partial charge in [-0.15, -0.1) is 0 Å². The Kier molecular flexibility index (Phi) is 4.49. The number of anilines is 1. The SMILES string of the molecule is N#Cc1c(F)cccc1N1CCC([C@@H]2CC[C@H](C(=O)O)O2)CC1. The fourth-order valence-electron chi connectivity index (χ4n) is 3.59. The van der Waals surface area contributed by atoms with E-state index in [1.165, 1.54) is 6.07 Å². The van der Waals surface area contributed by atoms with Gasteiger partial charge in [0.05, 0.1) is 11.8 Å². The molecular formula is C17H19FN2O3. The first-order chi connectivity index (χ1) is 11.1. The molecule has 23 heavy (non-hydrogen) atoms. The fourth-order valence-corrected chi connectivity index (χ4v) is 3.59.